The maximum Gasteiger partial charge on any atom is 0.490 e. The van der Waals surface area contributed by atoms with Crippen LogP contribution < -0.4 is 4.90 Å². The molecule has 2 fully saturated rings. The molecule has 9 nitrogen and oxygen atoms in total. The first-order valence-electron chi connectivity index (χ1n) is 9.29. The molecular formula is C18H20F3N5O4S. The maximum absolute atomic E-state index is 12.6. The van der Waals surface area contributed by atoms with Crippen LogP contribution in [0.2, 0.25) is 0 Å². The number of carboxylic acid groups (broad SMARTS) is 1. The van der Waals surface area contributed by atoms with Crippen LogP contribution in [-0.2, 0) is 9.53 Å². The fourth-order valence-electron chi connectivity index (χ4n) is 3.31. The molecule has 0 spiro atoms. The lowest BCUT2D eigenvalue weighted by molar-refractivity contribution is -0.192. The Balaban J connectivity index is 0.000000339. The Morgan fingerprint density at radius 2 is 1.97 bits per heavy atom. The summed E-state index contributed by atoms with van der Waals surface area (Å²) in [6, 6.07) is 3.96. The second kappa shape index (κ2) is 9.56. The molecule has 0 saturated carbocycles. The van der Waals surface area contributed by atoms with Crippen LogP contribution in [0.3, 0.4) is 0 Å². The molecule has 0 radical (unpaired) electrons. The Hall–Kier alpha value is -2.80. The molecule has 0 unspecified atom stereocenters. The van der Waals surface area contributed by atoms with E-state index in [1.54, 1.807) is 10.9 Å². The van der Waals surface area contributed by atoms with Gasteiger partial charge in [-0.15, -0.1) is 16.4 Å². The molecule has 2 aliphatic heterocycles. The summed E-state index contributed by atoms with van der Waals surface area (Å²) in [6.07, 6.45) is -4.96. The molecule has 13 heteroatoms. The second-order valence-corrected chi connectivity index (χ2v) is 7.75. The number of hydrogen-bond donors (Lipinski definition) is 1. The molecule has 4 heterocycles. The van der Waals surface area contributed by atoms with Crippen molar-refractivity contribution in [3.63, 3.8) is 0 Å². The number of halogens is 3. The topological polar surface area (TPSA) is 109 Å². The van der Waals surface area contributed by atoms with Crippen molar-refractivity contribution in [2.75, 3.05) is 37.7 Å². The molecule has 1 amide bonds. The van der Waals surface area contributed by atoms with E-state index in [0.29, 0.717) is 25.4 Å². The Bertz CT molecular complexity index is 895. The predicted octanol–water partition coefficient (Wildman–Crippen LogP) is 1.85. The number of ether oxygens (including phenoxy) is 1. The van der Waals surface area contributed by atoms with Crippen LogP contribution in [-0.4, -0.2) is 82.1 Å². The van der Waals surface area contributed by atoms with Gasteiger partial charge in [-0.2, -0.15) is 18.3 Å². The minimum absolute atomic E-state index is 0.00548. The van der Waals surface area contributed by atoms with Crippen molar-refractivity contribution in [3.05, 3.63) is 34.4 Å². The van der Waals surface area contributed by atoms with E-state index in [-0.39, 0.29) is 17.9 Å². The van der Waals surface area contributed by atoms with Gasteiger partial charge in [-0.1, -0.05) is 0 Å². The monoisotopic (exact) mass is 459 g/mol. The number of amides is 1. The molecule has 2 aromatic heterocycles. The number of alkyl halides is 3. The summed E-state index contributed by atoms with van der Waals surface area (Å²) < 4.78 is 37.7. The van der Waals surface area contributed by atoms with E-state index in [0.717, 1.165) is 24.6 Å². The van der Waals surface area contributed by atoms with Crippen LogP contribution in [0.5, 0.6) is 0 Å². The highest BCUT2D eigenvalue weighted by atomic mass is 32.1. The third-order valence-electron chi connectivity index (χ3n) is 4.82. The SMILES string of the molecule is Cc1ccc(N2C[C@@H]3CN(C(=O)c4cscn4)CCO[C@@H]3C2)nn1.O=C(O)C(F)(F)F. The van der Waals surface area contributed by atoms with Crippen LogP contribution in [0.1, 0.15) is 16.2 Å². The van der Waals surface area contributed by atoms with E-state index < -0.39 is 12.1 Å². The van der Waals surface area contributed by atoms with Gasteiger partial charge in [0.1, 0.15) is 5.69 Å². The summed E-state index contributed by atoms with van der Waals surface area (Å²) in [5, 5.41) is 17.3. The molecule has 4 rings (SSSR count). The average Bonchev–Trinajstić information content (AvgIpc) is 3.34. The highest BCUT2D eigenvalue weighted by molar-refractivity contribution is 7.07. The number of nitrogens with zero attached hydrogens (tertiary/aromatic N) is 5. The Labute approximate surface area is 179 Å². The second-order valence-electron chi connectivity index (χ2n) is 7.03. The average molecular weight is 459 g/mol. The van der Waals surface area contributed by atoms with Crippen LogP contribution in [0.25, 0.3) is 0 Å². The highest BCUT2D eigenvalue weighted by Gasteiger charge is 2.39. The zero-order valence-corrected chi connectivity index (χ0v) is 17.3. The Kier molecular flexibility index (Phi) is 7.05. The predicted molar refractivity (Wildman–Crippen MR) is 104 cm³/mol. The van der Waals surface area contributed by atoms with Crippen molar-refractivity contribution in [1.82, 2.24) is 20.1 Å². The lowest BCUT2D eigenvalue weighted by atomic mass is 10.1. The van der Waals surface area contributed by atoms with Gasteiger partial charge in [0.15, 0.2) is 5.82 Å². The maximum atomic E-state index is 12.6. The smallest absolute Gasteiger partial charge is 0.475 e. The standard InChI is InChI=1S/C16H19N5O2S.C2HF3O2/c1-11-2-3-15(19-18-11)21-7-12-6-20(4-5-23-14(12)8-21)16(22)13-9-24-10-17-13;3-2(4,5)1(6)7/h2-3,9-10,12,14H,4-8H2,1H3;(H,6,7)/t12-,14+;/m0./s1. The van der Waals surface area contributed by atoms with E-state index in [9.17, 15) is 18.0 Å². The van der Waals surface area contributed by atoms with Gasteiger partial charge >= 0.3 is 12.1 Å². The number of carboxylic acids is 1. The van der Waals surface area contributed by atoms with Crippen LogP contribution in [0.4, 0.5) is 19.0 Å². The minimum Gasteiger partial charge on any atom is -0.475 e. The van der Waals surface area contributed by atoms with Gasteiger partial charge in [-0.3, -0.25) is 4.79 Å². The molecule has 2 aromatic rings. The molecule has 168 valence electrons. The van der Waals surface area contributed by atoms with Gasteiger partial charge in [0, 0.05) is 37.5 Å². The first-order valence-corrected chi connectivity index (χ1v) is 10.2. The largest absolute Gasteiger partial charge is 0.490 e. The third-order valence-corrected chi connectivity index (χ3v) is 5.40. The Morgan fingerprint density at radius 1 is 1.23 bits per heavy atom. The first-order chi connectivity index (χ1) is 14.6. The van der Waals surface area contributed by atoms with E-state index in [4.69, 9.17) is 14.6 Å². The molecule has 0 aromatic carbocycles. The van der Waals surface area contributed by atoms with Gasteiger partial charge < -0.3 is 19.6 Å². The molecule has 0 aliphatic carbocycles. The summed E-state index contributed by atoms with van der Waals surface area (Å²) in [7, 11) is 0. The summed E-state index contributed by atoms with van der Waals surface area (Å²) >= 11 is 1.44. The van der Waals surface area contributed by atoms with Crippen molar-refractivity contribution in [2.24, 2.45) is 5.92 Å². The Morgan fingerprint density at radius 3 is 2.55 bits per heavy atom. The molecule has 31 heavy (non-hydrogen) atoms. The summed E-state index contributed by atoms with van der Waals surface area (Å²) in [5.74, 6) is -1.62. The van der Waals surface area contributed by atoms with Crippen molar-refractivity contribution in [1.29, 1.82) is 0 Å². The number of carbonyl (C=O) groups excluding carboxylic acids is 1. The van der Waals surface area contributed by atoms with Crippen LogP contribution in [0.15, 0.2) is 23.0 Å². The van der Waals surface area contributed by atoms with Crippen LogP contribution in [0, 0.1) is 12.8 Å². The van der Waals surface area contributed by atoms with Crippen molar-refractivity contribution in [3.8, 4) is 0 Å². The molecule has 2 aliphatic rings. The van der Waals surface area contributed by atoms with Gasteiger partial charge in [0.05, 0.1) is 23.9 Å². The summed E-state index contributed by atoms with van der Waals surface area (Å²) in [5.41, 5.74) is 3.12. The van der Waals surface area contributed by atoms with Gasteiger partial charge in [0.2, 0.25) is 0 Å². The molecular weight excluding hydrogens is 439 g/mol. The zero-order chi connectivity index (χ0) is 22.6. The van der Waals surface area contributed by atoms with E-state index >= 15 is 0 Å². The summed E-state index contributed by atoms with van der Waals surface area (Å²) in [4.78, 5) is 29.7. The fraction of sp³-hybridized carbons (Fsp3) is 0.500. The molecule has 2 atom stereocenters. The number of anilines is 1. The minimum atomic E-state index is -5.08. The number of aryl methyl sites for hydroxylation is 1. The number of rotatable bonds is 2. The van der Waals surface area contributed by atoms with Crippen molar-refractivity contribution < 1.29 is 32.6 Å². The number of aromatic nitrogens is 3. The van der Waals surface area contributed by atoms with Gasteiger partial charge in [-0.05, 0) is 19.1 Å². The number of hydrogen-bond acceptors (Lipinski definition) is 8. The third kappa shape index (κ3) is 5.88. The lowest BCUT2D eigenvalue weighted by Crippen LogP contribution is -2.37. The normalized spacial score (nSPS) is 21.0. The van der Waals surface area contributed by atoms with Gasteiger partial charge in [-0.25, -0.2) is 9.78 Å². The number of carbonyl (C=O) groups is 2. The van der Waals surface area contributed by atoms with Crippen LogP contribution >= 0.6 is 11.3 Å². The highest BCUT2D eigenvalue weighted by Crippen LogP contribution is 2.27. The zero-order valence-electron chi connectivity index (χ0n) is 16.4. The number of aliphatic carboxylic acids is 1. The van der Waals surface area contributed by atoms with E-state index in [2.05, 4.69) is 20.1 Å². The quantitative estimate of drug-likeness (QED) is 0.725. The molecule has 2 saturated heterocycles. The van der Waals surface area contributed by atoms with Gasteiger partial charge in [0.25, 0.3) is 5.91 Å². The molecule has 1 N–H and O–H groups in total. The van der Waals surface area contributed by atoms with Crippen molar-refractivity contribution >= 4 is 29.0 Å². The number of thiazole rings is 1. The molecule has 0 bridgehead atoms. The first kappa shape index (κ1) is 22.9. The number of fused-ring (bicyclic) bond motifs is 1. The van der Waals surface area contributed by atoms with E-state index in [1.807, 2.05) is 24.0 Å². The van der Waals surface area contributed by atoms with E-state index in [1.165, 1.54) is 11.3 Å². The van der Waals surface area contributed by atoms with Crippen molar-refractivity contribution in [2.45, 2.75) is 19.2 Å². The lowest BCUT2D eigenvalue weighted by Gasteiger charge is -2.23. The summed E-state index contributed by atoms with van der Waals surface area (Å²) in [6.45, 7) is 5.41. The fourth-order valence-corrected chi connectivity index (χ4v) is 3.83.